The number of carbonyl (C=O) groups excluding carboxylic acids is 1. The van der Waals surface area contributed by atoms with Gasteiger partial charge in [0.05, 0.1) is 5.69 Å². The highest BCUT2D eigenvalue weighted by Crippen LogP contribution is 2.17. The van der Waals surface area contributed by atoms with Crippen molar-refractivity contribution in [2.45, 2.75) is 71.4 Å². The Bertz CT molecular complexity index is 562. The molecule has 1 aromatic rings. The smallest absolute Gasteiger partial charge is 0.221 e. The van der Waals surface area contributed by atoms with Crippen molar-refractivity contribution in [2.75, 3.05) is 13.1 Å². The summed E-state index contributed by atoms with van der Waals surface area (Å²) in [5.74, 6) is 1.86. The zero-order chi connectivity index (χ0) is 18.1. The highest BCUT2D eigenvalue weighted by atomic mass is 16.5. The third-order valence-corrected chi connectivity index (χ3v) is 4.27. The molecule has 0 radical (unpaired) electrons. The number of carbonyl (C=O) groups is 1. The van der Waals surface area contributed by atoms with E-state index in [9.17, 15) is 4.79 Å². The predicted molar refractivity (Wildman–Crippen MR) is 98.4 cm³/mol. The second-order valence-electron chi connectivity index (χ2n) is 6.79. The Morgan fingerprint density at radius 2 is 2.12 bits per heavy atom. The first-order chi connectivity index (χ1) is 12.1. The van der Waals surface area contributed by atoms with Crippen molar-refractivity contribution in [2.24, 2.45) is 4.99 Å². The molecule has 140 valence electrons. The van der Waals surface area contributed by atoms with E-state index in [2.05, 4.69) is 39.9 Å². The molecule has 7 nitrogen and oxygen atoms in total. The van der Waals surface area contributed by atoms with Crippen LogP contribution in [0.2, 0.25) is 0 Å². The van der Waals surface area contributed by atoms with Gasteiger partial charge in [0.25, 0.3) is 0 Å². The van der Waals surface area contributed by atoms with Crippen LogP contribution in [-0.4, -0.2) is 36.2 Å². The van der Waals surface area contributed by atoms with Gasteiger partial charge in [0, 0.05) is 31.6 Å². The van der Waals surface area contributed by atoms with E-state index in [0.29, 0.717) is 37.4 Å². The number of aliphatic imine (C=N–C) groups is 1. The van der Waals surface area contributed by atoms with Crippen LogP contribution in [0.25, 0.3) is 0 Å². The van der Waals surface area contributed by atoms with E-state index >= 15 is 0 Å². The van der Waals surface area contributed by atoms with Crippen LogP contribution >= 0.6 is 0 Å². The number of hydrogen-bond acceptors (Lipinski definition) is 4. The highest BCUT2D eigenvalue weighted by Gasteiger charge is 2.16. The molecule has 0 saturated heterocycles. The lowest BCUT2D eigenvalue weighted by Crippen LogP contribution is -2.40. The van der Waals surface area contributed by atoms with Crippen LogP contribution in [0.15, 0.2) is 15.6 Å². The molecule has 3 N–H and O–H groups in total. The van der Waals surface area contributed by atoms with Gasteiger partial charge in [0.1, 0.15) is 6.54 Å². The second-order valence-corrected chi connectivity index (χ2v) is 6.79. The van der Waals surface area contributed by atoms with Crippen LogP contribution < -0.4 is 16.0 Å². The second kappa shape index (κ2) is 10.1. The molecule has 1 aliphatic carbocycles. The molecule has 1 amide bonds. The average Bonchev–Trinajstić information content (AvgIpc) is 3.24. The van der Waals surface area contributed by atoms with Crippen LogP contribution in [0, 0.1) is 0 Å². The summed E-state index contributed by atoms with van der Waals surface area (Å²) in [6.45, 7) is 7.89. The predicted octanol–water partition coefficient (Wildman–Crippen LogP) is 2.30. The molecule has 0 unspecified atom stereocenters. The summed E-state index contributed by atoms with van der Waals surface area (Å²) in [7, 11) is 0. The van der Waals surface area contributed by atoms with Crippen LogP contribution in [0.5, 0.6) is 0 Å². The normalized spacial score (nSPS) is 15.6. The van der Waals surface area contributed by atoms with Crippen molar-refractivity contribution in [1.29, 1.82) is 0 Å². The molecule has 0 aliphatic heterocycles. The van der Waals surface area contributed by atoms with Gasteiger partial charge in [0.2, 0.25) is 5.91 Å². The minimum absolute atomic E-state index is 0.104. The van der Waals surface area contributed by atoms with Gasteiger partial charge in [-0.2, -0.15) is 0 Å². The maximum atomic E-state index is 11.9. The number of aromatic nitrogens is 1. The standard InChI is InChI=1S/C18H31N5O2/c1-4-19-18(21-12-15-11-16(13(2)3)23-25-15)20-10-9-17(24)22-14-7-5-6-8-14/h11,13-14H,4-10,12H2,1-3H3,(H,22,24)(H2,19,20,21). The van der Waals surface area contributed by atoms with Crippen molar-refractivity contribution < 1.29 is 9.32 Å². The van der Waals surface area contributed by atoms with Gasteiger partial charge in [-0.1, -0.05) is 31.8 Å². The number of nitrogens with zero attached hydrogens (tertiary/aromatic N) is 2. The summed E-state index contributed by atoms with van der Waals surface area (Å²) in [6, 6.07) is 2.31. The van der Waals surface area contributed by atoms with Gasteiger partial charge in [-0.15, -0.1) is 0 Å². The SMILES string of the molecule is CCNC(=NCc1cc(C(C)C)no1)NCCC(=O)NC1CCCC1. The van der Waals surface area contributed by atoms with E-state index in [1.165, 1.54) is 12.8 Å². The van der Waals surface area contributed by atoms with Crippen LogP contribution in [-0.2, 0) is 11.3 Å². The number of amides is 1. The minimum Gasteiger partial charge on any atom is -0.359 e. The monoisotopic (exact) mass is 349 g/mol. The molecule has 1 aromatic heterocycles. The van der Waals surface area contributed by atoms with Crippen molar-refractivity contribution in [3.63, 3.8) is 0 Å². The first-order valence-electron chi connectivity index (χ1n) is 9.35. The van der Waals surface area contributed by atoms with Crippen molar-refractivity contribution in [3.05, 3.63) is 17.5 Å². The average molecular weight is 349 g/mol. The molecule has 0 spiro atoms. The molecule has 7 heteroatoms. The lowest BCUT2D eigenvalue weighted by atomic mass is 10.1. The van der Waals surface area contributed by atoms with Gasteiger partial charge in [-0.3, -0.25) is 4.79 Å². The molecule has 0 aromatic carbocycles. The molecule has 1 aliphatic rings. The lowest BCUT2D eigenvalue weighted by molar-refractivity contribution is -0.121. The topological polar surface area (TPSA) is 91.6 Å². The summed E-state index contributed by atoms with van der Waals surface area (Å²) in [6.07, 6.45) is 5.11. The fourth-order valence-corrected chi connectivity index (χ4v) is 2.84. The van der Waals surface area contributed by atoms with E-state index in [1.807, 2.05) is 13.0 Å². The Balaban J connectivity index is 1.75. The Morgan fingerprint density at radius 3 is 2.76 bits per heavy atom. The molecule has 0 atom stereocenters. The van der Waals surface area contributed by atoms with Crippen LogP contribution in [0.3, 0.4) is 0 Å². The van der Waals surface area contributed by atoms with Crippen LogP contribution in [0.1, 0.15) is 70.2 Å². The maximum absolute atomic E-state index is 11.9. The van der Waals surface area contributed by atoms with Crippen molar-refractivity contribution >= 4 is 11.9 Å². The third kappa shape index (κ3) is 6.76. The quantitative estimate of drug-likeness (QED) is 0.495. The molecule has 25 heavy (non-hydrogen) atoms. The summed E-state index contributed by atoms with van der Waals surface area (Å²) in [4.78, 5) is 16.4. The van der Waals surface area contributed by atoms with Gasteiger partial charge >= 0.3 is 0 Å². The molecular formula is C18H31N5O2. The zero-order valence-electron chi connectivity index (χ0n) is 15.6. The Morgan fingerprint density at radius 1 is 1.36 bits per heavy atom. The molecule has 2 rings (SSSR count). The largest absolute Gasteiger partial charge is 0.359 e. The fraction of sp³-hybridized carbons (Fsp3) is 0.722. The van der Waals surface area contributed by atoms with E-state index in [-0.39, 0.29) is 5.91 Å². The number of rotatable bonds is 8. The Labute approximate surface area is 150 Å². The zero-order valence-corrected chi connectivity index (χ0v) is 15.6. The lowest BCUT2D eigenvalue weighted by Gasteiger charge is -2.13. The van der Waals surface area contributed by atoms with E-state index in [4.69, 9.17) is 4.52 Å². The first kappa shape index (κ1) is 19.3. The summed E-state index contributed by atoms with van der Waals surface area (Å²) in [5.41, 5.74) is 0.937. The van der Waals surface area contributed by atoms with Gasteiger partial charge < -0.3 is 20.5 Å². The van der Waals surface area contributed by atoms with E-state index < -0.39 is 0 Å². The van der Waals surface area contributed by atoms with E-state index in [0.717, 1.165) is 30.8 Å². The van der Waals surface area contributed by atoms with Crippen molar-refractivity contribution in [3.8, 4) is 0 Å². The molecule has 1 fully saturated rings. The summed E-state index contributed by atoms with van der Waals surface area (Å²) < 4.78 is 5.29. The van der Waals surface area contributed by atoms with Gasteiger partial charge in [0.15, 0.2) is 11.7 Å². The summed E-state index contributed by atoms with van der Waals surface area (Å²) in [5, 5.41) is 13.5. The summed E-state index contributed by atoms with van der Waals surface area (Å²) >= 11 is 0. The van der Waals surface area contributed by atoms with Crippen LogP contribution in [0.4, 0.5) is 0 Å². The minimum atomic E-state index is 0.104. The molecule has 1 heterocycles. The van der Waals surface area contributed by atoms with E-state index in [1.54, 1.807) is 0 Å². The third-order valence-electron chi connectivity index (χ3n) is 4.27. The Hall–Kier alpha value is -2.05. The number of nitrogens with one attached hydrogen (secondary N) is 3. The molecular weight excluding hydrogens is 318 g/mol. The first-order valence-corrected chi connectivity index (χ1v) is 9.35. The van der Waals surface area contributed by atoms with Crippen molar-refractivity contribution in [1.82, 2.24) is 21.1 Å². The Kier molecular flexibility index (Phi) is 7.76. The molecule has 1 saturated carbocycles. The maximum Gasteiger partial charge on any atom is 0.221 e. The highest BCUT2D eigenvalue weighted by molar-refractivity contribution is 5.81. The van der Waals surface area contributed by atoms with Gasteiger partial charge in [-0.05, 0) is 25.7 Å². The van der Waals surface area contributed by atoms with Gasteiger partial charge in [-0.25, -0.2) is 4.99 Å². The number of guanidine groups is 1. The fourth-order valence-electron chi connectivity index (χ4n) is 2.84. The number of hydrogen-bond donors (Lipinski definition) is 3. The molecule has 0 bridgehead atoms.